The molecule has 0 aromatic heterocycles. The second kappa shape index (κ2) is 5.92. The molecule has 1 aliphatic rings. The van der Waals surface area contributed by atoms with E-state index in [0.29, 0.717) is 16.9 Å². The van der Waals surface area contributed by atoms with Gasteiger partial charge >= 0.3 is 0 Å². The zero-order valence-corrected chi connectivity index (χ0v) is 13.6. The Morgan fingerprint density at radius 3 is 2.22 bits per heavy atom. The van der Waals surface area contributed by atoms with E-state index >= 15 is 0 Å². The second-order valence-corrected chi connectivity index (χ2v) is 8.29. The van der Waals surface area contributed by atoms with Gasteiger partial charge in [-0.05, 0) is 29.7 Å². The Morgan fingerprint density at radius 2 is 1.78 bits per heavy atom. The maximum atomic E-state index is 3.57. The van der Waals surface area contributed by atoms with Gasteiger partial charge in [-0.3, -0.25) is 0 Å². The molecule has 0 aromatic carbocycles. The van der Waals surface area contributed by atoms with Crippen molar-refractivity contribution in [1.82, 2.24) is 10.2 Å². The van der Waals surface area contributed by atoms with E-state index in [9.17, 15) is 0 Å². The van der Waals surface area contributed by atoms with Gasteiger partial charge in [0.2, 0.25) is 0 Å². The van der Waals surface area contributed by atoms with E-state index in [2.05, 4.69) is 58.7 Å². The maximum absolute atomic E-state index is 3.57. The predicted molar refractivity (Wildman–Crippen MR) is 80.9 cm³/mol. The molecule has 1 unspecified atom stereocenters. The minimum atomic E-state index is 0.372. The molecule has 2 heteroatoms. The van der Waals surface area contributed by atoms with Gasteiger partial charge in [0, 0.05) is 25.7 Å². The Hall–Kier alpha value is -0.0800. The molecule has 1 aliphatic heterocycles. The monoisotopic (exact) mass is 254 g/mol. The summed E-state index contributed by atoms with van der Waals surface area (Å²) in [5.74, 6) is 0.867. The molecule has 0 amide bonds. The van der Waals surface area contributed by atoms with Crippen LogP contribution in [0.15, 0.2) is 0 Å². The van der Waals surface area contributed by atoms with Gasteiger partial charge in [-0.2, -0.15) is 0 Å². The van der Waals surface area contributed by atoms with Gasteiger partial charge in [-0.1, -0.05) is 48.5 Å². The Balaban J connectivity index is 2.40. The highest BCUT2D eigenvalue weighted by Gasteiger charge is 2.33. The number of rotatable bonds is 5. The molecule has 1 N–H and O–H groups in total. The molecule has 0 spiro atoms. The topological polar surface area (TPSA) is 15.3 Å². The van der Waals surface area contributed by atoms with E-state index in [1.165, 1.54) is 26.1 Å². The minimum absolute atomic E-state index is 0.372. The molecule has 108 valence electrons. The van der Waals surface area contributed by atoms with Crippen LogP contribution in [-0.2, 0) is 0 Å². The van der Waals surface area contributed by atoms with Crippen molar-refractivity contribution >= 4 is 0 Å². The summed E-state index contributed by atoms with van der Waals surface area (Å²) >= 11 is 0. The van der Waals surface area contributed by atoms with Gasteiger partial charge in [0.05, 0.1) is 0 Å². The number of nitrogens with one attached hydrogen (secondary N) is 1. The van der Waals surface area contributed by atoms with Crippen molar-refractivity contribution in [1.29, 1.82) is 0 Å². The van der Waals surface area contributed by atoms with Gasteiger partial charge in [0.15, 0.2) is 0 Å². The van der Waals surface area contributed by atoms with Gasteiger partial charge in [0.25, 0.3) is 0 Å². The zero-order valence-electron chi connectivity index (χ0n) is 13.6. The van der Waals surface area contributed by atoms with Crippen molar-refractivity contribution in [3.8, 4) is 0 Å². The third-order valence-corrected chi connectivity index (χ3v) is 4.14. The highest BCUT2D eigenvalue weighted by Crippen LogP contribution is 2.34. The Labute approximate surface area is 115 Å². The van der Waals surface area contributed by atoms with Crippen molar-refractivity contribution in [2.75, 3.05) is 26.2 Å². The molecule has 2 nitrogen and oxygen atoms in total. The molecule has 0 saturated carbocycles. The molecule has 1 saturated heterocycles. The molecule has 18 heavy (non-hydrogen) atoms. The summed E-state index contributed by atoms with van der Waals surface area (Å²) in [4.78, 5) is 2.66. The van der Waals surface area contributed by atoms with Crippen molar-refractivity contribution < 1.29 is 0 Å². The van der Waals surface area contributed by atoms with E-state index in [0.717, 1.165) is 12.5 Å². The predicted octanol–water partition coefficient (Wildman–Crippen LogP) is 3.38. The lowest BCUT2D eigenvalue weighted by molar-refractivity contribution is 0.176. The fraction of sp³-hybridized carbons (Fsp3) is 1.00. The smallest absolute Gasteiger partial charge is 0.00450 e. The van der Waals surface area contributed by atoms with Crippen LogP contribution in [0.5, 0.6) is 0 Å². The lowest BCUT2D eigenvalue weighted by atomic mass is 9.80. The van der Waals surface area contributed by atoms with Gasteiger partial charge in [-0.25, -0.2) is 0 Å². The molecule has 0 radical (unpaired) electrons. The summed E-state index contributed by atoms with van der Waals surface area (Å²) in [5, 5.41) is 3.57. The quantitative estimate of drug-likeness (QED) is 0.809. The van der Waals surface area contributed by atoms with Crippen LogP contribution in [0, 0.1) is 16.7 Å². The van der Waals surface area contributed by atoms with Crippen LogP contribution in [0.2, 0.25) is 0 Å². The number of nitrogens with zero attached hydrogens (tertiary/aromatic N) is 1. The molecule has 1 heterocycles. The molecule has 0 aromatic rings. The van der Waals surface area contributed by atoms with E-state index in [-0.39, 0.29) is 0 Å². The average molecular weight is 254 g/mol. The minimum Gasteiger partial charge on any atom is -0.314 e. The van der Waals surface area contributed by atoms with Crippen LogP contribution in [0.1, 0.15) is 54.9 Å². The van der Waals surface area contributed by atoms with E-state index in [1.807, 2.05) is 0 Å². The van der Waals surface area contributed by atoms with Crippen molar-refractivity contribution in [3.63, 3.8) is 0 Å². The van der Waals surface area contributed by atoms with E-state index in [4.69, 9.17) is 0 Å². The van der Waals surface area contributed by atoms with Crippen LogP contribution in [0.25, 0.3) is 0 Å². The summed E-state index contributed by atoms with van der Waals surface area (Å²) in [6.07, 6.45) is 1.37. The third-order valence-electron chi connectivity index (χ3n) is 4.14. The first-order chi connectivity index (χ1) is 8.10. The summed E-state index contributed by atoms with van der Waals surface area (Å²) in [5.41, 5.74) is 0.839. The lowest BCUT2D eigenvalue weighted by Crippen LogP contribution is -2.41. The van der Waals surface area contributed by atoms with Gasteiger partial charge < -0.3 is 10.2 Å². The normalized spacial score (nSPS) is 23.0. The SMILES string of the molecule is CC(C)NCC(C)(C)CN1CCC(C(C)(C)C)C1. The Bertz CT molecular complexity index is 250. The number of hydrogen-bond donors (Lipinski definition) is 1. The number of hydrogen-bond acceptors (Lipinski definition) is 2. The van der Waals surface area contributed by atoms with Crippen LogP contribution in [-0.4, -0.2) is 37.1 Å². The van der Waals surface area contributed by atoms with Gasteiger partial charge in [-0.15, -0.1) is 0 Å². The first-order valence-electron chi connectivity index (χ1n) is 7.56. The maximum Gasteiger partial charge on any atom is 0.00450 e. The van der Waals surface area contributed by atoms with Crippen molar-refractivity contribution in [2.24, 2.45) is 16.7 Å². The highest BCUT2D eigenvalue weighted by atomic mass is 15.2. The second-order valence-electron chi connectivity index (χ2n) is 8.29. The lowest BCUT2D eigenvalue weighted by Gasteiger charge is -2.32. The first-order valence-corrected chi connectivity index (χ1v) is 7.56. The fourth-order valence-corrected chi connectivity index (χ4v) is 2.82. The highest BCUT2D eigenvalue weighted by molar-refractivity contribution is 4.87. The van der Waals surface area contributed by atoms with Crippen LogP contribution in [0.4, 0.5) is 0 Å². The molecule has 0 bridgehead atoms. The summed E-state index contributed by atoms with van der Waals surface area (Å²) in [7, 11) is 0. The first kappa shape index (κ1) is 16.0. The largest absolute Gasteiger partial charge is 0.314 e. The standard InChI is InChI=1S/C16H34N2/c1-13(2)17-11-16(6,7)12-18-9-8-14(10-18)15(3,4)5/h13-14,17H,8-12H2,1-7H3. The zero-order chi connectivity index (χ0) is 14.0. The molecule has 1 fully saturated rings. The van der Waals surface area contributed by atoms with Crippen molar-refractivity contribution in [2.45, 2.75) is 60.9 Å². The number of likely N-dealkylation sites (tertiary alicyclic amines) is 1. The van der Waals surface area contributed by atoms with Gasteiger partial charge in [0.1, 0.15) is 0 Å². The Morgan fingerprint density at radius 1 is 1.17 bits per heavy atom. The van der Waals surface area contributed by atoms with E-state index in [1.54, 1.807) is 0 Å². The van der Waals surface area contributed by atoms with E-state index < -0.39 is 0 Å². The fourth-order valence-electron chi connectivity index (χ4n) is 2.82. The molecule has 0 aliphatic carbocycles. The summed E-state index contributed by atoms with van der Waals surface area (Å²) in [6, 6.07) is 0.588. The molecule has 1 atom stereocenters. The molecular weight excluding hydrogens is 220 g/mol. The average Bonchev–Trinajstić information content (AvgIpc) is 2.62. The Kier molecular flexibility index (Phi) is 5.25. The summed E-state index contributed by atoms with van der Waals surface area (Å²) < 4.78 is 0. The molecule has 1 rings (SSSR count). The summed E-state index contributed by atoms with van der Waals surface area (Å²) in [6.45, 7) is 21.3. The van der Waals surface area contributed by atoms with Crippen LogP contribution in [0.3, 0.4) is 0 Å². The van der Waals surface area contributed by atoms with Crippen molar-refractivity contribution in [3.05, 3.63) is 0 Å². The van der Waals surface area contributed by atoms with Crippen LogP contribution >= 0.6 is 0 Å². The molecular formula is C16H34N2. The van der Waals surface area contributed by atoms with Crippen LogP contribution < -0.4 is 5.32 Å². The third kappa shape index (κ3) is 5.27.